The van der Waals surface area contributed by atoms with E-state index in [2.05, 4.69) is 76.9 Å². The highest BCUT2D eigenvalue weighted by atomic mass is 35.5. The van der Waals surface area contributed by atoms with Gasteiger partial charge in [-0.05, 0) is 98.7 Å². The summed E-state index contributed by atoms with van der Waals surface area (Å²) in [5.74, 6) is 0. The standard InChI is InChI=1S/C27H25ClN4S/c1-17-7-6-8-22(15-17)31-18(2)16-23(19(31)3)26-25(24-9-4-5-14-29-24)30-27(33)32(26)21-12-10-20(28)11-13-21/h4-16,25-26H,1-3H3,(H,30,33)/t25-,26+/m0/s1. The molecule has 6 heteroatoms. The number of anilines is 1. The van der Waals surface area contributed by atoms with Gasteiger partial charge in [-0.2, -0.15) is 0 Å². The highest BCUT2D eigenvalue weighted by Crippen LogP contribution is 2.43. The summed E-state index contributed by atoms with van der Waals surface area (Å²) in [4.78, 5) is 6.85. The first-order valence-corrected chi connectivity index (χ1v) is 11.7. The van der Waals surface area contributed by atoms with Crippen molar-refractivity contribution in [3.05, 3.63) is 112 Å². The van der Waals surface area contributed by atoms with E-state index < -0.39 is 0 Å². The summed E-state index contributed by atoms with van der Waals surface area (Å²) in [5, 5.41) is 4.92. The number of aryl methyl sites for hydroxylation is 2. The zero-order chi connectivity index (χ0) is 23.1. The minimum absolute atomic E-state index is 0.0571. The molecule has 0 aliphatic carbocycles. The Morgan fingerprint density at radius 2 is 1.70 bits per heavy atom. The smallest absolute Gasteiger partial charge is 0.174 e. The fourth-order valence-electron chi connectivity index (χ4n) is 4.80. The van der Waals surface area contributed by atoms with Gasteiger partial charge in [-0.25, -0.2) is 0 Å². The molecule has 0 radical (unpaired) electrons. The molecule has 33 heavy (non-hydrogen) atoms. The van der Waals surface area contributed by atoms with E-state index in [-0.39, 0.29) is 12.1 Å². The Morgan fingerprint density at radius 3 is 2.39 bits per heavy atom. The molecule has 5 rings (SSSR count). The Balaban J connectivity index is 1.68. The Kier molecular flexibility index (Phi) is 5.69. The van der Waals surface area contributed by atoms with Gasteiger partial charge >= 0.3 is 0 Å². The molecule has 1 fully saturated rings. The molecule has 4 nitrogen and oxygen atoms in total. The van der Waals surface area contributed by atoms with Gasteiger partial charge in [0.2, 0.25) is 0 Å². The van der Waals surface area contributed by atoms with Crippen molar-refractivity contribution < 1.29 is 0 Å². The normalized spacial score (nSPS) is 17.9. The van der Waals surface area contributed by atoms with Gasteiger partial charge in [0.15, 0.2) is 5.11 Å². The third kappa shape index (κ3) is 3.92. The lowest BCUT2D eigenvalue weighted by Gasteiger charge is -2.28. The maximum atomic E-state index is 6.18. The fraction of sp³-hybridized carbons (Fsp3) is 0.185. The maximum absolute atomic E-state index is 6.18. The van der Waals surface area contributed by atoms with E-state index in [0.29, 0.717) is 10.1 Å². The summed E-state index contributed by atoms with van der Waals surface area (Å²) in [6, 6.07) is 24.6. The summed E-state index contributed by atoms with van der Waals surface area (Å²) in [5.41, 5.74) is 7.95. The largest absolute Gasteiger partial charge is 0.351 e. The van der Waals surface area contributed by atoms with E-state index in [1.54, 1.807) is 0 Å². The third-order valence-electron chi connectivity index (χ3n) is 6.25. The Bertz CT molecular complexity index is 1310. The molecule has 0 saturated carbocycles. The zero-order valence-electron chi connectivity index (χ0n) is 18.8. The van der Waals surface area contributed by atoms with E-state index >= 15 is 0 Å². The number of thiocarbonyl (C=S) groups is 1. The number of aromatic nitrogens is 2. The molecule has 0 spiro atoms. The van der Waals surface area contributed by atoms with Crippen LogP contribution < -0.4 is 10.2 Å². The third-order valence-corrected chi connectivity index (χ3v) is 6.82. The first-order valence-electron chi connectivity index (χ1n) is 11.0. The van der Waals surface area contributed by atoms with Crippen molar-refractivity contribution in [2.45, 2.75) is 32.9 Å². The van der Waals surface area contributed by atoms with Crippen LogP contribution in [0.25, 0.3) is 5.69 Å². The number of hydrogen-bond donors (Lipinski definition) is 1. The summed E-state index contributed by atoms with van der Waals surface area (Å²) < 4.78 is 2.32. The molecule has 0 unspecified atom stereocenters. The van der Waals surface area contributed by atoms with E-state index in [9.17, 15) is 0 Å². The van der Waals surface area contributed by atoms with Crippen molar-refractivity contribution >= 4 is 34.6 Å². The molecule has 0 bridgehead atoms. The average molecular weight is 473 g/mol. The van der Waals surface area contributed by atoms with Crippen LogP contribution >= 0.6 is 23.8 Å². The molecule has 2 atom stereocenters. The maximum Gasteiger partial charge on any atom is 0.174 e. The Hall–Kier alpha value is -3.15. The first kappa shape index (κ1) is 21.7. The number of hydrogen-bond acceptors (Lipinski definition) is 2. The van der Waals surface area contributed by atoms with Crippen LogP contribution in [-0.2, 0) is 0 Å². The zero-order valence-corrected chi connectivity index (χ0v) is 20.4. The van der Waals surface area contributed by atoms with E-state index in [0.717, 1.165) is 17.1 Å². The predicted octanol–water partition coefficient (Wildman–Crippen LogP) is 6.63. The van der Waals surface area contributed by atoms with Crippen LogP contribution in [0.4, 0.5) is 5.69 Å². The molecule has 1 aliphatic heterocycles. The highest BCUT2D eigenvalue weighted by molar-refractivity contribution is 7.80. The minimum atomic E-state index is -0.0826. The van der Waals surface area contributed by atoms with Crippen molar-refractivity contribution in [1.29, 1.82) is 0 Å². The lowest BCUT2D eigenvalue weighted by Crippen LogP contribution is -2.29. The number of pyridine rings is 1. The molecule has 0 amide bonds. The number of halogens is 1. The van der Waals surface area contributed by atoms with Gasteiger partial charge in [0.25, 0.3) is 0 Å². The van der Waals surface area contributed by atoms with Gasteiger partial charge < -0.3 is 14.8 Å². The van der Waals surface area contributed by atoms with E-state index in [1.165, 1.54) is 22.5 Å². The van der Waals surface area contributed by atoms with E-state index in [4.69, 9.17) is 23.8 Å². The summed E-state index contributed by atoms with van der Waals surface area (Å²) in [7, 11) is 0. The second kappa shape index (κ2) is 8.65. The lowest BCUT2D eigenvalue weighted by molar-refractivity contribution is 0.565. The van der Waals surface area contributed by atoms with Crippen molar-refractivity contribution in [3.8, 4) is 5.69 Å². The fourth-order valence-corrected chi connectivity index (χ4v) is 5.27. The molecule has 166 valence electrons. The summed E-state index contributed by atoms with van der Waals surface area (Å²) >= 11 is 12.0. The predicted molar refractivity (Wildman–Crippen MR) is 139 cm³/mol. The Labute approximate surface area is 204 Å². The van der Waals surface area contributed by atoms with Crippen LogP contribution in [-0.4, -0.2) is 14.7 Å². The Morgan fingerprint density at radius 1 is 0.909 bits per heavy atom. The SMILES string of the molecule is Cc1cccc(-n2c(C)cc([C@@H]3[C@H](c4ccccn4)NC(=S)N3c3ccc(Cl)cc3)c2C)c1. The van der Waals surface area contributed by atoms with E-state index in [1.807, 2.05) is 42.6 Å². The first-order chi connectivity index (χ1) is 15.9. The number of nitrogens with zero attached hydrogens (tertiary/aromatic N) is 3. The van der Waals surface area contributed by atoms with Gasteiger partial charge in [0.05, 0.1) is 17.8 Å². The molecule has 1 aliphatic rings. The lowest BCUT2D eigenvalue weighted by atomic mass is 9.96. The molecule has 3 heterocycles. The summed E-state index contributed by atoms with van der Waals surface area (Å²) in [6.07, 6.45) is 1.83. The quantitative estimate of drug-likeness (QED) is 0.338. The van der Waals surface area contributed by atoms with Gasteiger partial charge in [0, 0.05) is 34.0 Å². The van der Waals surface area contributed by atoms with Gasteiger partial charge in [0.1, 0.15) is 0 Å². The van der Waals surface area contributed by atoms with Crippen LogP contribution in [0, 0.1) is 20.8 Å². The van der Waals surface area contributed by atoms with Crippen molar-refractivity contribution in [2.75, 3.05) is 4.90 Å². The second-order valence-electron chi connectivity index (χ2n) is 8.47. The molecular formula is C27H25ClN4S. The van der Waals surface area contributed by atoms with Crippen LogP contribution in [0.5, 0.6) is 0 Å². The number of nitrogens with one attached hydrogen (secondary N) is 1. The molecule has 1 N–H and O–H groups in total. The average Bonchev–Trinajstić information content (AvgIpc) is 3.30. The number of rotatable bonds is 4. The number of benzene rings is 2. The van der Waals surface area contributed by atoms with Gasteiger partial charge in [-0.15, -0.1) is 0 Å². The van der Waals surface area contributed by atoms with Crippen molar-refractivity contribution in [3.63, 3.8) is 0 Å². The minimum Gasteiger partial charge on any atom is -0.351 e. The van der Waals surface area contributed by atoms with Crippen molar-refractivity contribution in [1.82, 2.24) is 14.9 Å². The van der Waals surface area contributed by atoms with Crippen LogP contribution in [0.1, 0.15) is 40.3 Å². The van der Waals surface area contributed by atoms with Crippen molar-refractivity contribution in [2.24, 2.45) is 0 Å². The molecule has 1 saturated heterocycles. The van der Waals surface area contributed by atoms with Gasteiger partial charge in [-0.1, -0.05) is 29.8 Å². The molecule has 2 aromatic carbocycles. The highest BCUT2D eigenvalue weighted by Gasteiger charge is 2.42. The van der Waals surface area contributed by atoms with Crippen LogP contribution in [0.2, 0.25) is 5.02 Å². The second-order valence-corrected chi connectivity index (χ2v) is 9.30. The molecule has 2 aromatic heterocycles. The topological polar surface area (TPSA) is 33.1 Å². The van der Waals surface area contributed by atoms with Crippen LogP contribution in [0.15, 0.2) is 79.0 Å². The monoisotopic (exact) mass is 472 g/mol. The molecule has 4 aromatic rings. The summed E-state index contributed by atoms with van der Waals surface area (Å²) in [6.45, 7) is 6.46. The van der Waals surface area contributed by atoms with Gasteiger partial charge in [-0.3, -0.25) is 4.98 Å². The molecular weight excluding hydrogens is 448 g/mol. The van der Waals surface area contributed by atoms with Crippen LogP contribution in [0.3, 0.4) is 0 Å².